The van der Waals surface area contributed by atoms with Crippen LogP contribution in [-0.4, -0.2) is 29.3 Å². The van der Waals surface area contributed by atoms with Gasteiger partial charge >= 0.3 is 0 Å². The minimum atomic E-state index is -0.214. The topological polar surface area (TPSA) is 49.4 Å². The lowest BCUT2D eigenvalue weighted by Gasteiger charge is -2.20. The van der Waals surface area contributed by atoms with Gasteiger partial charge in [0.25, 0.3) is 0 Å². The van der Waals surface area contributed by atoms with Gasteiger partial charge in [0, 0.05) is 25.6 Å². The number of aryl methyl sites for hydroxylation is 1. The number of nitrogens with one attached hydrogen (secondary N) is 1. The number of benzene rings is 1. The first-order chi connectivity index (χ1) is 9.49. The van der Waals surface area contributed by atoms with Crippen molar-refractivity contribution in [3.05, 3.63) is 35.4 Å². The van der Waals surface area contributed by atoms with Gasteiger partial charge in [-0.3, -0.25) is 9.59 Å². The van der Waals surface area contributed by atoms with Crippen LogP contribution in [0.4, 0.5) is 0 Å². The van der Waals surface area contributed by atoms with E-state index < -0.39 is 0 Å². The zero-order valence-electron chi connectivity index (χ0n) is 12.3. The average molecular weight is 274 g/mol. The summed E-state index contributed by atoms with van der Waals surface area (Å²) in [4.78, 5) is 25.7. The van der Waals surface area contributed by atoms with Crippen molar-refractivity contribution in [2.45, 2.75) is 39.8 Å². The Hall–Kier alpha value is -1.84. The fraction of sp³-hybridized carbons (Fsp3) is 0.500. The minimum absolute atomic E-state index is 0.0234. The van der Waals surface area contributed by atoms with Crippen LogP contribution in [-0.2, 0) is 16.1 Å². The Morgan fingerprint density at radius 3 is 2.70 bits per heavy atom. The molecule has 1 aliphatic heterocycles. The Morgan fingerprint density at radius 1 is 1.40 bits per heavy atom. The molecule has 1 atom stereocenters. The first kappa shape index (κ1) is 14.6. The van der Waals surface area contributed by atoms with Crippen LogP contribution in [0.5, 0.6) is 0 Å². The van der Waals surface area contributed by atoms with Gasteiger partial charge in [-0.1, -0.05) is 24.3 Å². The third kappa shape index (κ3) is 3.18. The number of hydrogen-bond acceptors (Lipinski definition) is 2. The number of rotatable bonds is 4. The summed E-state index contributed by atoms with van der Waals surface area (Å²) in [6.45, 7) is 7.05. The zero-order chi connectivity index (χ0) is 14.7. The number of carbonyl (C=O) groups excluding carboxylic acids is 2. The molecule has 1 heterocycles. The van der Waals surface area contributed by atoms with E-state index in [0.29, 0.717) is 19.5 Å². The lowest BCUT2D eigenvalue weighted by molar-refractivity contribution is -0.130. The van der Waals surface area contributed by atoms with Gasteiger partial charge in [-0.15, -0.1) is 0 Å². The van der Waals surface area contributed by atoms with E-state index in [0.717, 1.165) is 5.56 Å². The Morgan fingerprint density at radius 2 is 2.10 bits per heavy atom. The molecule has 0 saturated carbocycles. The molecule has 2 rings (SSSR count). The van der Waals surface area contributed by atoms with E-state index in [9.17, 15) is 9.59 Å². The molecule has 1 aromatic rings. The van der Waals surface area contributed by atoms with E-state index in [1.165, 1.54) is 5.56 Å². The molecule has 0 radical (unpaired) electrons. The number of carbonyl (C=O) groups is 2. The highest BCUT2D eigenvalue weighted by atomic mass is 16.2. The summed E-state index contributed by atoms with van der Waals surface area (Å²) in [6.07, 6.45) is 0.331. The molecule has 20 heavy (non-hydrogen) atoms. The molecule has 0 unspecified atom stereocenters. The van der Waals surface area contributed by atoms with Crippen LogP contribution in [0.15, 0.2) is 24.3 Å². The predicted octanol–water partition coefficient (Wildman–Crippen LogP) is 1.87. The van der Waals surface area contributed by atoms with Gasteiger partial charge in [0.1, 0.15) is 0 Å². The standard InChI is InChI=1S/C16H22N2O2/c1-11(2)18-10-14(8-15(18)19)16(20)17-9-13-7-5-4-6-12(13)3/h4-7,11,14H,8-10H2,1-3H3,(H,17,20)/t14-/m0/s1. The number of amides is 2. The van der Waals surface area contributed by atoms with Crippen LogP contribution in [0.3, 0.4) is 0 Å². The normalized spacial score (nSPS) is 18.7. The zero-order valence-corrected chi connectivity index (χ0v) is 12.3. The van der Waals surface area contributed by atoms with Gasteiger partial charge in [-0.05, 0) is 31.9 Å². The van der Waals surface area contributed by atoms with E-state index in [-0.39, 0.29) is 23.8 Å². The second-order valence-corrected chi connectivity index (χ2v) is 5.69. The van der Waals surface area contributed by atoms with Crippen LogP contribution < -0.4 is 5.32 Å². The van der Waals surface area contributed by atoms with E-state index in [4.69, 9.17) is 0 Å². The van der Waals surface area contributed by atoms with Crippen molar-refractivity contribution in [1.82, 2.24) is 10.2 Å². The summed E-state index contributed by atoms with van der Waals surface area (Å²) < 4.78 is 0. The molecule has 1 aromatic carbocycles. The lowest BCUT2D eigenvalue weighted by atomic mass is 10.1. The van der Waals surface area contributed by atoms with Gasteiger partial charge in [0.05, 0.1) is 5.92 Å². The molecule has 4 nitrogen and oxygen atoms in total. The van der Waals surface area contributed by atoms with Crippen molar-refractivity contribution in [2.75, 3.05) is 6.54 Å². The third-order valence-electron chi connectivity index (χ3n) is 3.87. The molecular weight excluding hydrogens is 252 g/mol. The summed E-state index contributed by atoms with van der Waals surface area (Å²) >= 11 is 0. The van der Waals surface area contributed by atoms with Crippen LogP contribution in [0.2, 0.25) is 0 Å². The molecule has 1 fully saturated rings. The van der Waals surface area contributed by atoms with E-state index in [2.05, 4.69) is 5.32 Å². The van der Waals surface area contributed by atoms with Gasteiger partial charge in [-0.25, -0.2) is 0 Å². The molecular formula is C16H22N2O2. The molecule has 1 aliphatic rings. The molecule has 1 saturated heterocycles. The van der Waals surface area contributed by atoms with Crippen LogP contribution in [0.1, 0.15) is 31.4 Å². The first-order valence-corrected chi connectivity index (χ1v) is 7.10. The summed E-state index contributed by atoms with van der Waals surface area (Å²) in [5.41, 5.74) is 2.28. The molecule has 108 valence electrons. The minimum Gasteiger partial charge on any atom is -0.352 e. The summed E-state index contributed by atoms with van der Waals surface area (Å²) in [7, 11) is 0. The molecule has 0 aromatic heterocycles. The Kier molecular flexibility index (Phi) is 4.42. The fourth-order valence-electron chi connectivity index (χ4n) is 2.54. The van der Waals surface area contributed by atoms with Gasteiger partial charge in [0.15, 0.2) is 0 Å². The quantitative estimate of drug-likeness (QED) is 0.911. The van der Waals surface area contributed by atoms with Crippen molar-refractivity contribution in [1.29, 1.82) is 0 Å². The van der Waals surface area contributed by atoms with Crippen molar-refractivity contribution in [3.63, 3.8) is 0 Å². The Balaban J connectivity index is 1.91. The van der Waals surface area contributed by atoms with Crippen molar-refractivity contribution < 1.29 is 9.59 Å². The fourth-order valence-corrected chi connectivity index (χ4v) is 2.54. The molecule has 0 bridgehead atoms. The number of hydrogen-bond donors (Lipinski definition) is 1. The van der Waals surface area contributed by atoms with Gasteiger partial charge in [-0.2, -0.15) is 0 Å². The van der Waals surface area contributed by atoms with Crippen molar-refractivity contribution in [3.8, 4) is 0 Å². The highest BCUT2D eigenvalue weighted by Gasteiger charge is 2.35. The predicted molar refractivity (Wildman–Crippen MR) is 78.0 cm³/mol. The monoisotopic (exact) mass is 274 g/mol. The average Bonchev–Trinajstić information content (AvgIpc) is 2.80. The Labute approximate surface area is 120 Å². The van der Waals surface area contributed by atoms with Crippen LogP contribution in [0.25, 0.3) is 0 Å². The van der Waals surface area contributed by atoms with Crippen LogP contribution >= 0.6 is 0 Å². The summed E-state index contributed by atoms with van der Waals surface area (Å²) in [5, 5.41) is 2.94. The summed E-state index contributed by atoms with van der Waals surface area (Å²) in [5.74, 6) is -0.158. The highest BCUT2D eigenvalue weighted by molar-refractivity contribution is 5.89. The highest BCUT2D eigenvalue weighted by Crippen LogP contribution is 2.20. The van der Waals surface area contributed by atoms with E-state index in [1.807, 2.05) is 45.0 Å². The molecule has 1 N–H and O–H groups in total. The third-order valence-corrected chi connectivity index (χ3v) is 3.87. The SMILES string of the molecule is Cc1ccccc1CNC(=O)[C@H]1CC(=O)N(C(C)C)C1. The van der Waals surface area contributed by atoms with Crippen LogP contribution in [0, 0.1) is 12.8 Å². The second-order valence-electron chi connectivity index (χ2n) is 5.69. The maximum Gasteiger partial charge on any atom is 0.225 e. The van der Waals surface area contributed by atoms with Crippen molar-refractivity contribution >= 4 is 11.8 Å². The first-order valence-electron chi connectivity index (χ1n) is 7.10. The summed E-state index contributed by atoms with van der Waals surface area (Å²) in [6, 6.07) is 8.15. The maximum absolute atomic E-state index is 12.2. The smallest absolute Gasteiger partial charge is 0.225 e. The molecule has 0 spiro atoms. The molecule has 4 heteroatoms. The lowest BCUT2D eigenvalue weighted by Crippen LogP contribution is -2.35. The van der Waals surface area contributed by atoms with E-state index >= 15 is 0 Å². The number of likely N-dealkylation sites (tertiary alicyclic amines) is 1. The number of nitrogens with zero attached hydrogens (tertiary/aromatic N) is 1. The van der Waals surface area contributed by atoms with E-state index in [1.54, 1.807) is 4.90 Å². The molecule has 2 amide bonds. The Bertz CT molecular complexity index is 511. The second kappa shape index (κ2) is 6.07. The molecule has 0 aliphatic carbocycles. The largest absolute Gasteiger partial charge is 0.352 e. The van der Waals surface area contributed by atoms with Crippen molar-refractivity contribution in [2.24, 2.45) is 5.92 Å². The maximum atomic E-state index is 12.2. The van der Waals surface area contributed by atoms with Gasteiger partial charge in [0.2, 0.25) is 11.8 Å². The van der Waals surface area contributed by atoms with Gasteiger partial charge < -0.3 is 10.2 Å².